The van der Waals surface area contributed by atoms with Gasteiger partial charge in [0.25, 0.3) is 0 Å². The molecule has 0 saturated heterocycles. The highest BCUT2D eigenvalue weighted by Gasteiger charge is 1.93. The van der Waals surface area contributed by atoms with Crippen molar-refractivity contribution in [1.82, 2.24) is 0 Å². The standard InChI is InChI=1S/C12H15NO/c1-2-10(9-14)7-11-3-5-12(8-13)6-4-11/h3-7,9H,2,8,13H2,1H3/b10-7+. The van der Waals surface area contributed by atoms with E-state index in [0.717, 1.165) is 29.4 Å². The van der Waals surface area contributed by atoms with Crippen molar-refractivity contribution in [3.8, 4) is 0 Å². The van der Waals surface area contributed by atoms with Gasteiger partial charge >= 0.3 is 0 Å². The summed E-state index contributed by atoms with van der Waals surface area (Å²) >= 11 is 0. The average molecular weight is 189 g/mol. The minimum absolute atomic E-state index is 0.554. The summed E-state index contributed by atoms with van der Waals surface area (Å²) in [6, 6.07) is 7.90. The van der Waals surface area contributed by atoms with Crippen LogP contribution in [-0.2, 0) is 11.3 Å². The second-order valence-corrected chi connectivity index (χ2v) is 3.14. The van der Waals surface area contributed by atoms with Gasteiger partial charge in [-0.1, -0.05) is 31.2 Å². The van der Waals surface area contributed by atoms with Gasteiger partial charge in [0.1, 0.15) is 6.29 Å². The van der Waals surface area contributed by atoms with Crippen molar-refractivity contribution < 1.29 is 4.79 Å². The summed E-state index contributed by atoms with van der Waals surface area (Å²) in [7, 11) is 0. The molecule has 0 aliphatic carbocycles. The quantitative estimate of drug-likeness (QED) is 0.582. The van der Waals surface area contributed by atoms with Gasteiger partial charge in [0.05, 0.1) is 0 Å². The highest BCUT2D eigenvalue weighted by molar-refractivity contribution is 5.81. The van der Waals surface area contributed by atoms with Crippen LogP contribution in [0.1, 0.15) is 24.5 Å². The first-order chi connectivity index (χ1) is 6.80. The largest absolute Gasteiger partial charge is 0.326 e. The van der Waals surface area contributed by atoms with Crippen LogP contribution in [0.25, 0.3) is 6.08 Å². The molecule has 0 heterocycles. The Hall–Kier alpha value is -1.41. The molecule has 2 heteroatoms. The Kier molecular flexibility index (Phi) is 4.08. The topological polar surface area (TPSA) is 43.1 Å². The molecule has 0 atom stereocenters. The smallest absolute Gasteiger partial charge is 0.146 e. The lowest BCUT2D eigenvalue weighted by Gasteiger charge is -1.98. The van der Waals surface area contributed by atoms with Crippen molar-refractivity contribution in [2.75, 3.05) is 0 Å². The molecule has 1 rings (SSSR count). The molecule has 1 aromatic rings. The van der Waals surface area contributed by atoms with Gasteiger partial charge in [-0.2, -0.15) is 0 Å². The summed E-state index contributed by atoms with van der Waals surface area (Å²) in [5.41, 5.74) is 8.44. The van der Waals surface area contributed by atoms with E-state index < -0.39 is 0 Å². The highest BCUT2D eigenvalue weighted by Crippen LogP contribution is 2.09. The summed E-state index contributed by atoms with van der Waals surface area (Å²) in [5.74, 6) is 0. The first kappa shape index (κ1) is 10.7. The molecular formula is C12H15NO. The summed E-state index contributed by atoms with van der Waals surface area (Å²) in [4.78, 5) is 10.6. The lowest BCUT2D eigenvalue weighted by atomic mass is 10.1. The molecule has 1 aromatic carbocycles. The predicted octanol–water partition coefficient (Wildman–Crippen LogP) is 2.14. The molecule has 0 saturated carbocycles. The number of carbonyl (C=O) groups excluding carboxylic acids is 1. The third kappa shape index (κ3) is 2.82. The Balaban J connectivity index is 2.86. The van der Waals surface area contributed by atoms with Gasteiger partial charge in [-0.3, -0.25) is 4.79 Å². The lowest BCUT2D eigenvalue weighted by Crippen LogP contribution is -1.95. The predicted molar refractivity (Wildman–Crippen MR) is 58.7 cm³/mol. The molecule has 0 aliphatic rings. The molecule has 0 radical (unpaired) electrons. The van der Waals surface area contributed by atoms with Crippen molar-refractivity contribution in [3.63, 3.8) is 0 Å². The summed E-state index contributed by atoms with van der Waals surface area (Å²) in [5, 5.41) is 0. The molecule has 0 aliphatic heterocycles. The third-order valence-electron chi connectivity index (χ3n) is 2.13. The zero-order valence-corrected chi connectivity index (χ0v) is 8.36. The first-order valence-electron chi connectivity index (χ1n) is 4.75. The van der Waals surface area contributed by atoms with Crippen LogP contribution in [0.3, 0.4) is 0 Å². The Morgan fingerprint density at radius 3 is 2.43 bits per heavy atom. The van der Waals surface area contributed by atoms with Crippen LogP contribution in [0.2, 0.25) is 0 Å². The van der Waals surface area contributed by atoms with Gasteiger partial charge in [0, 0.05) is 6.54 Å². The number of carbonyl (C=O) groups is 1. The van der Waals surface area contributed by atoms with E-state index in [1.54, 1.807) is 0 Å². The molecule has 0 aromatic heterocycles. The normalized spacial score (nSPS) is 11.4. The SMILES string of the molecule is CC/C(C=O)=C\c1ccc(CN)cc1. The molecule has 0 spiro atoms. The molecular weight excluding hydrogens is 174 g/mol. The van der Waals surface area contributed by atoms with E-state index in [1.807, 2.05) is 37.3 Å². The van der Waals surface area contributed by atoms with Gasteiger partial charge in [-0.15, -0.1) is 0 Å². The van der Waals surface area contributed by atoms with Crippen LogP contribution in [0.15, 0.2) is 29.8 Å². The van der Waals surface area contributed by atoms with Crippen LogP contribution in [0.5, 0.6) is 0 Å². The molecule has 74 valence electrons. The summed E-state index contributed by atoms with van der Waals surface area (Å²) in [6.45, 7) is 2.52. The van der Waals surface area contributed by atoms with Crippen molar-refractivity contribution in [3.05, 3.63) is 41.0 Å². The van der Waals surface area contributed by atoms with Gasteiger partial charge in [0.15, 0.2) is 0 Å². The Labute approximate surface area is 84.4 Å². The van der Waals surface area contributed by atoms with Crippen LogP contribution < -0.4 is 5.73 Å². The van der Waals surface area contributed by atoms with E-state index in [4.69, 9.17) is 5.73 Å². The summed E-state index contributed by atoms with van der Waals surface area (Å²) in [6.07, 6.45) is 3.56. The highest BCUT2D eigenvalue weighted by atomic mass is 16.1. The minimum Gasteiger partial charge on any atom is -0.326 e. The number of benzene rings is 1. The number of rotatable bonds is 4. The van der Waals surface area contributed by atoms with Crippen molar-refractivity contribution in [1.29, 1.82) is 0 Å². The van der Waals surface area contributed by atoms with Gasteiger partial charge in [-0.25, -0.2) is 0 Å². The maximum absolute atomic E-state index is 10.6. The van der Waals surface area contributed by atoms with Crippen LogP contribution in [0, 0.1) is 0 Å². The Morgan fingerprint density at radius 1 is 1.36 bits per heavy atom. The van der Waals surface area contributed by atoms with Gasteiger partial charge in [0.2, 0.25) is 0 Å². The molecule has 0 unspecified atom stereocenters. The van der Waals surface area contributed by atoms with Crippen molar-refractivity contribution >= 4 is 12.4 Å². The summed E-state index contributed by atoms with van der Waals surface area (Å²) < 4.78 is 0. The van der Waals surface area contributed by atoms with E-state index in [1.165, 1.54) is 0 Å². The van der Waals surface area contributed by atoms with Gasteiger partial charge < -0.3 is 5.73 Å². The van der Waals surface area contributed by atoms with Crippen molar-refractivity contribution in [2.45, 2.75) is 19.9 Å². The lowest BCUT2D eigenvalue weighted by molar-refractivity contribution is -0.104. The molecule has 2 N–H and O–H groups in total. The number of allylic oxidation sites excluding steroid dienone is 1. The molecule has 14 heavy (non-hydrogen) atoms. The maximum Gasteiger partial charge on any atom is 0.146 e. The van der Waals surface area contributed by atoms with Crippen LogP contribution in [0.4, 0.5) is 0 Å². The van der Waals surface area contributed by atoms with E-state index in [-0.39, 0.29) is 0 Å². The number of nitrogens with two attached hydrogens (primary N) is 1. The zero-order valence-electron chi connectivity index (χ0n) is 8.36. The van der Waals surface area contributed by atoms with Crippen molar-refractivity contribution in [2.24, 2.45) is 5.73 Å². The van der Waals surface area contributed by atoms with E-state index in [0.29, 0.717) is 6.54 Å². The maximum atomic E-state index is 10.6. The zero-order chi connectivity index (χ0) is 10.4. The molecule has 0 amide bonds. The average Bonchev–Trinajstić information content (AvgIpc) is 2.26. The Bertz CT molecular complexity index is 325. The minimum atomic E-state index is 0.554. The van der Waals surface area contributed by atoms with Crippen LogP contribution in [-0.4, -0.2) is 6.29 Å². The fraction of sp³-hybridized carbons (Fsp3) is 0.250. The number of aldehydes is 1. The fourth-order valence-electron chi connectivity index (χ4n) is 1.18. The second-order valence-electron chi connectivity index (χ2n) is 3.14. The van der Waals surface area contributed by atoms with E-state index in [9.17, 15) is 4.79 Å². The van der Waals surface area contributed by atoms with Crippen LogP contribution >= 0.6 is 0 Å². The molecule has 0 bridgehead atoms. The fourth-order valence-corrected chi connectivity index (χ4v) is 1.18. The molecule has 0 fully saturated rings. The van der Waals surface area contributed by atoms with E-state index in [2.05, 4.69) is 0 Å². The second kappa shape index (κ2) is 5.35. The van der Waals surface area contributed by atoms with Gasteiger partial charge in [-0.05, 0) is 29.2 Å². The monoisotopic (exact) mass is 189 g/mol. The third-order valence-corrected chi connectivity index (χ3v) is 2.13. The Morgan fingerprint density at radius 2 is 2.00 bits per heavy atom. The number of hydrogen-bond donors (Lipinski definition) is 1. The molecule has 2 nitrogen and oxygen atoms in total. The van der Waals surface area contributed by atoms with E-state index >= 15 is 0 Å². The first-order valence-corrected chi connectivity index (χ1v) is 4.75. The number of hydrogen-bond acceptors (Lipinski definition) is 2.